The van der Waals surface area contributed by atoms with Crippen LogP contribution in [-0.4, -0.2) is 56.5 Å². The van der Waals surface area contributed by atoms with Gasteiger partial charge in [0.25, 0.3) is 5.91 Å². The molecule has 3 aromatic rings. The molecule has 172 valence electrons. The van der Waals surface area contributed by atoms with E-state index in [0.717, 1.165) is 16.8 Å². The van der Waals surface area contributed by atoms with Gasteiger partial charge >= 0.3 is 5.69 Å². The molecule has 0 radical (unpaired) electrons. The molecule has 0 saturated carbocycles. The maximum atomic E-state index is 12.8. The van der Waals surface area contributed by atoms with Crippen LogP contribution in [0, 0.1) is 10.1 Å². The first kappa shape index (κ1) is 22.6. The number of fused-ring (bicyclic) bond motifs is 1. The van der Waals surface area contributed by atoms with E-state index in [1.807, 2.05) is 30.3 Å². The van der Waals surface area contributed by atoms with Crippen LogP contribution >= 0.6 is 0 Å². The van der Waals surface area contributed by atoms with Gasteiger partial charge in [-0.15, -0.1) is 0 Å². The van der Waals surface area contributed by atoms with Crippen LogP contribution < -0.4 is 10.1 Å². The predicted molar refractivity (Wildman–Crippen MR) is 121 cm³/mol. The van der Waals surface area contributed by atoms with Crippen molar-refractivity contribution in [3.63, 3.8) is 0 Å². The second-order valence-corrected chi connectivity index (χ2v) is 9.20. The van der Waals surface area contributed by atoms with Crippen LogP contribution in [0.3, 0.4) is 0 Å². The quantitative estimate of drug-likeness (QED) is 0.414. The maximum Gasteiger partial charge on any atom is 0.312 e. The summed E-state index contributed by atoms with van der Waals surface area (Å²) in [5, 5.41) is 16.1. The fraction of sp³-hybridized carbons (Fsp3) is 0.227. The maximum absolute atomic E-state index is 12.8. The molecular formula is C22H21N3O7S. The summed E-state index contributed by atoms with van der Waals surface area (Å²) >= 11 is 0. The number of nitrogens with one attached hydrogen (secondary N) is 1. The third-order valence-corrected chi connectivity index (χ3v) is 7.05. The van der Waals surface area contributed by atoms with Gasteiger partial charge in [0.1, 0.15) is 0 Å². The average Bonchev–Trinajstić information content (AvgIpc) is 2.83. The number of hydrogen-bond acceptors (Lipinski definition) is 7. The van der Waals surface area contributed by atoms with Gasteiger partial charge in [-0.2, -0.15) is 4.31 Å². The number of carbonyl (C=O) groups is 1. The summed E-state index contributed by atoms with van der Waals surface area (Å²) in [6.45, 7) is 0.369. The largest absolute Gasteiger partial charge is 0.477 e. The first-order valence-electron chi connectivity index (χ1n) is 10.1. The Morgan fingerprint density at radius 3 is 2.58 bits per heavy atom. The van der Waals surface area contributed by atoms with E-state index in [0.29, 0.717) is 5.69 Å². The molecule has 0 atom stereocenters. The van der Waals surface area contributed by atoms with Crippen molar-refractivity contribution in [2.24, 2.45) is 0 Å². The van der Waals surface area contributed by atoms with Crippen LogP contribution in [0.25, 0.3) is 10.8 Å². The van der Waals surface area contributed by atoms with Gasteiger partial charge < -0.3 is 14.8 Å². The van der Waals surface area contributed by atoms with Crippen molar-refractivity contribution in [2.75, 3.05) is 38.2 Å². The van der Waals surface area contributed by atoms with Crippen molar-refractivity contribution < 1.29 is 27.6 Å². The lowest BCUT2D eigenvalue weighted by Gasteiger charge is -2.26. The van der Waals surface area contributed by atoms with Gasteiger partial charge in [-0.05, 0) is 23.6 Å². The Kier molecular flexibility index (Phi) is 6.54. The molecule has 1 saturated heterocycles. The zero-order valence-electron chi connectivity index (χ0n) is 17.5. The number of rotatable bonds is 7. The van der Waals surface area contributed by atoms with Crippen LogP contribution in [0.2, 0.25) is 0 Å². The zero-order chi connectivity index (χ0) is 23.4. The second-order valence-electron chi connectivity index (χ2n) is 7.27. The molecule has 3 aromatic carbocycles. The lowest BCUT2D eigenvalue weighted by Crippen LogP contribution is -2.40. The van der Waals surface area contributed by atoms with Gasteiger partial charge in [0.2, 0.25) is 10.0 Å². The molecular weight excluding hydrogens is 450 g/mol. The minimum Gasteiger partial charge on any atom is -0.477 e. The van der Waals surface area contributed by atoms with E-state index >= 15 is 0 Å². The molecule has 4 rings (SSSR count). The number of nitrogens with zero attached hydrogens (tertiary/aromatic N) is 2. The third-order valence-electron chi connectivity index (χ3n) is 5.16. The van der Waals surface area contributed by atoms with E-state index in [4.69, 9.17) is 9.47 Å². The molecule has 1 amide bonds. The summed E-state index contributed by atoms with van der Waals surface area (Å²) in [6.07, 6.45) is 0. The van der Waals surface area contributed by atoms with Crippen molar-refractivity contribution >= 4 is 38.1 Å². The van der Waals surface area contributed by atoms with Crippen molar-refractivity contribution in [2.45, 2.75) is 4.90 Å². The topological polar surface area (TPSA) is 128 Å². The highest BCUT2D eigenvalue weighted by atomic mass is 32.2. The van der Waals surface area contributed by atoms with Gasteiger partial charge in [0.05, 0.1) is 23.0 Å². The van der Waals surface area contributed by atoms with Crippen LogP contribution in [0.15, 0.2) is 65.6 Å². The molecule has 0 spiro atoms. The smallest absolute Gasteiger partial charge is 0.312 e. The number of amides is 1. The summed E-state index contributed by atoms with van der Waals surface area (Å²) in [5.41, 5.74) is 0.0467. The first-order valence-corrected chi connectivity index (χ1v) is 11.6. The number of ether oxygens (including phenoxy) is 2. The number of morpholine rings is 1. The number of sulfonamides is 1. The Balaban J connectivity index is 1.49. The van der Waals surface area contributed by atoms with E-state index in [9.17, 15) is 23.3 Å². The van der Waals surface area contributed by atoms with Crippen molar-refractivity contribution in [1.29, 1.82) is 0 Å². The Morgan fingerprint density at radius 1 is 1.09 bits per heavy atom. The molecule has 1 fully saturated rings. The van der Waals surface area contributed by atoms with Gasteiger partial charge in [0.15, 0.2) is 12.4 Å². The summed E-state index contributed by atoms with van der Waals surface area (Å²) in [7, 11) is -3.91. The first-order chi connectivity index (χ1) is 15.9. The predicted octanol–water partition coefficient (Wildman–Crippen LogP) is 2.79. The molecule has 1 N–H and O–H groups in total. The van der Waals surface area contributed by atoms with E-state index in [2.05, 4.69) is 5.32 Å². The molecule has 1 aliphatic heterocycles. The zero-order valence-corrected chi connectivity index (χ0v) is 18.3. The van der Waals surface area contributed by atoms with Crippen LogP contribution in [0.5, 0.6) is 5.75 Å². The van der Waals surface area contributed by atoms with E-state index in [1.165, 1.54) is 16.4 Å². The van der Waals surface area contributed by atoms with Crippen LogP contribution in [-0.2, 0) is 19.6 Å². The number of hydrogen-bond donors (Lipinski definition) is 1. The third kappa shape index (κ3) is 4.95. The number of anilines is 1. The molecule has 0 bridgehead atoms. The Hall–Kier alpha value is -3.54. The Morgan fingerprint density at radius 2 is 1.82 bits per heavy atom. The standard InChI is InChI=1S/C22H21N3O7S/c26-22(23-19-7-3-5-16-4-1-2-6-18(16)19)15-32-21-9-8-17(14-20(21)25(27)28)33(29,30)24-10-12-31-13-11-24/h1-9,14H,10-13,15H2,(H,23,26). The van der Waals surface area contributed by atoms with E-state index in [-0.39, 0.29) is 36.9 Å². The number of nitro benzene ring substituents is 1. The minimum absolute atomic E-state index is 0.169. The number of benzene rings is 3. The highest BCUT2D eigenvalue weighted by Crippen LogP contribution is 2.31. The number of carbonyl (C=O) groups excluding carboxylic acids is 1. The van der Waals surface area contributed by atoms with Crippen molar-refractivity contribution in [3.8, 4) is 5.75 Å². The highest BCUT2D eigenvalue weighted by Gasteiger charge is 2.29. The summed E-state index contributed by atoms with van der Waals surface area (Å²) in [5.74, 6) is -0.709. The molecule has 33 heavy (non-hydrogen) atoms. The summed E-state index contributed by atoms with van der Waals surface area (Å²) in [6, 6.07) is 16.4. The van der Waals surface area contributed by atoms with Crippen molar-refractivity contribution in [3.05, 3.63) is 70.8 Å². The number of nitro groups is 1. The molecule has 11 heteroatoms. The molecule has 1 aliphatic rings. The molecule has 0 aliphatic carbocycles. The summed E-state index contributed by atoms with van der Waals surface area (Å²) in [4.78, 5) is 23.0. The molecule has 1 heterocycles. The fourth-order valence-electron chi connectivity index (χ4n) is 3.52. The summed E-state index contributed by atoms with van der Waals surface area (Å²) < 4.78 is 37.3. The lowest BCUT2D eigenvalue weighted by molar-refractivity contribution is -0.386. The van der Waals surface area contributed by atoms with Crippen LogP contribution in [0.4, 0.5) is 11.4 Å². The SMILES string of the molecule is O=C(COc1ccc(S(=O)(=O)N2CCOCC2)cc1[N+](=O)[O-])Nc1cccc2ccccc12. The monoisotopic (exact) mass is 471 g/mol. The van der Waals surface area contributed by atoms with E-state index < -0.39 is 33.1 Å². The highest BCUT2D eigenvalue weighted by molar-refractivity contribution is 7.89. The molecule has 0 unspecified atom stereocenters. The Labute approximate surface area is 189 Å². The van der Waals surface area contributed by atoms with Gasteiger partial charge in [-0.3, -0.25) is 14.9 Å². The average molecular weight is 471 g/mol. The van der Waals surface area contributed by atoms with Gasteiger partial charge in [-0.25, -0.2) is 8.42 Å². The molecule has 0 aromatic heterocycles. The normalized spacial score (nSPS) is 14.7. The minimum atomic E-state index is -3.91. The van der Waals surface area contributed by atoms with Gasteiger partial charge in [0, 0.05) is 30.2 Å². The lowest BCUT2D eigenvalue weighted by atomic mass is 10.1. The van der Waals surface area contributed by atoms with Crippen LogP contribution in [0.1, 0.15) is 0 Å². The van der Waals surface area contributed by atoms with Gasteiger partial charge in [-0.1, -0.05) is 36.4 Å². The second kappa shape index (κ2) is 9.53. The Bertz CT molecular complexity index is 1300. The van der Waals surface area contributed by atoms with Crippen molar-refractivity contribution in [1.82, 2.24) is 4.31 Å². The molecule has 10 nitrogen and oxygen atoms in total. The van der Waals surface area contributed by atoms with E-state index in [1.54, 1.807) is 12.1 Å². The fourth-order valence-corrected chi connectivity index (χ4v) is 4.95.